The van der Waals surface area contributed by atoms with Gasteiger partial charge in [0.25, 0.3) is 5.91 Å². The highest BCUT2D eigenvalue weighted by Gasteiger charge is 2.49. The summed E-state index contributed by atoms with van der Waals surface area (Å²) in [5, 5.41) is -0.00342. The van der Waals surface area contributed by atoms with Crippen molar-refractivity contribution < 1.29 is 22.3 Å². The van der Waals surface area contributed by atoms with Crippen LogP contribution in [0.2, 0.25) is 5.02 Å². The van der Waals surface area contributed by atoms with Crippen LogP contribution in [0.15, 0.2) is 12.1 Å². The van der Waals surface area contributed by atoms with Gasteiger partial charge in [-0.05, 0) is 42.6 Å². The second kappa shape index (κ2) is 8.55. The largest absolute Gasteiger partial charge is 0.495 e. The summed E-state index contributed by atoms with van der Waals surface area (Å²) in [5.41, 5.74) is 0.245. The standard InChI is InChI=1S/C10H12ClFN2O4S.C9H16/c1-14(2)19(16,17)13-10(15)6-4-7(11)9(18-3)5-8(6)12;1-9(2)7-4-3-5-8(9)6-7/h4-5H,1-3H3,(H,13,15);7-8H,3-6H2,1-2H3/t;7-,8+. The van der Waals surface area contributed by atoms with E-state index in [1.54, 1.807) is 11.1 Å². The van der Waals surface area contributed by atoms with Crippen molar-refractivity contribution in [2.45, 2.75) is 39.5 Å². The first-order valence-electron chi connectivity index (χ1n) is 9.17. The number of hydrogen-bond acceptors (Lipinski definition) is 4. The Labute approximate surface area is 171 Å². The minimum atomic E-state index is -4.00. The number of carbonyl (C=O) groups excluding carboxylic acids is 1. The van der Waals surface area contributed by atoms with E-state index in [0.717, 1.165) is 33.7 Å². The van der Waals surface area contributed by atoms with Crippen molar-refractivity contribution in [2.24, 2.45) is 17.3 Å². The molecule has 0 spiro atoms. The second-order valence-corrected chi connectivity index (χ2v) is 10.4. The van der Waals surface area contributed by atoms with Gasteiger partial charge in [0.2, 0.25) is 0 Å². The van der Waals surface area contributed by atoms with Crippen LogP contribution in [0.1, 0.15) is 49.9 Å². The van der Waals surface area contributed by atoms with Crippen LogP contribution in [0.5, 0.6) is 5.75 Å². The molecule has 1 N–H and O–H groups in total. The fourth-order valence-corrected chi connectivity index (χ4v) is 4.60. The molecule has 3 saturated carbocycles. The highest BCUT2D eigenvalue weighted by molar-refractivity contribution is 7.87. The molecule has 0 aliphatic heterocycles. The maximum Gasteiger partial charge on any atom is 0.303 e. The molecule has 9 heteroatoms. The van der Waals surface area contributed by atoms with Gasteiger partial charge >= 0.3 is 10.2 Å². The average Bonchev–Trinajstić information content (AvgIpc) is 2.63. The number of methoxy groups -OCH3 is 1. The molecule has 2 bridgehead atoms. The highest BCUT2D eigenvalue weighted by atomic mass is 35.5. The Morgan fingerprint density at radius 3 is 2.25 bits per heavy atom. The van der Waals surface area contributed by atoms with Gasteiger partial charge in [0.15, 0.2) is 0 Å². The molecular formula is C19H28ClFN2O4S. The molecule has 0 saturated heterocycles. The molecule has 1 aromatic carbocycles. The van der Waals surface area contributed by atoms with Crippen molar-refractivity contribution in [3.63, 3.8) is 0 Å². The predicted molar refractivity (Wildman–Crippen MR) is 107 cm³/mol. The molecule has 1 aromatic rings. The average molecular weight is 435 g/mol. The van der Waals surface area contributed by atoms with Crippen molar-refractivity contribution in [1.82, 2.24) is 9.03 Å². The van der Waals surface area contributed by atoms with Gasteiger partial charge in [-0.1, -0.05) is 31.9 Å². The van der Waals surface area contributed by atoms with Crippen LogP contribution in [0, 0.1) is 23.1 Å². The van der Waals surface area contributed by atoms with Gasteiger partial charge < -0.3 is 4.74 Å². The van der Waals surface area contributed by atoms with Gasteiger partial charge in [0.05, 0.1) is 17.7 Å². The number of hydrogen-bond donors (Lipinski definition) is 1. The van der Waals surface area contributed by atoms with Crippen LogP contribution in [-0.4, -0.2) is 39.8 Å². The zero-order valence-electron chi connectivity index (χ0n) is 16.9. The van der Waals surface area contributed by atoms with E-state index in [1.807, 2.05) is 0 Å². The van der Waals surface area contributed by atoms with Crippen LogP contribution in [0.4, 0.5) is 4.39 Å². The molecule has 6 nitrogen and oxygen atoms in total. The number of carbonyl (C=O) groups is 1. The first-order chi connectivity index (χ1) is 12.9. The SMILES string of the molecule is CC1(C)[C@@H]2CCC[C@H]1C2.COc1cc(F)c(C(=O)NS(=O)(=O)N(C)C)cc1Cl. The van der Waals surface area contributed by atoms with Crippen molar-refractivity contribution in [1.29, 1.82) is 0 Å². The van der Waals surface area contributed by atoms with Crippen LogP contribution >= 0.6 is 11.6 Å². The third-order valence-electron chi connectivity index (χ3n) is 5.97. The maximum absolute atomic E-state index is 13.6. The van der Waals surface area contributed by atoms with Crippen LogP contribution in [0.3, 0.4) is 0 Å². The summed E-state index contributed by atoms with van der Waals surface area (Å²) >= 11 is 5.75. The number of ether oxygens (including phenoxy) is 1. The van der Waals surface area contributed by atoms with Gasteiger partial charge in [0.1, 0.15) is 11.6 Å². The lowest BCUT2D eigenvalue weighted by Crippen LogP contribution is -2.47. The van der Waals surface area contributed by atoms with Gasteiger partial charge in [-0.25, -0.2) is 9.11 Å². The van der Waals surface area contributed by atoms with Crippen molar-refractivity contribution >= 4 is 27.7 Å². The molecule has 3 aliphatic rings. The molecule has 158 valence electrons. The number of halogens is 2. The molecule has 0 heterocycles. The Morgan fingerprint density at radius 1 is 1.29 bits per heavy atom. The highest BCUT2D eigenvalue weighted by Crippen LogP contribution is 2.58. The molecule has 28 heavy (non-hydrogen) atoms. The quantitative estimate of drug-likeness (QED) is 0.780. The number of nitrogens with one attached hydrogen (secondary N) is 1. The summed E-state index contributed by atoms with van der Waals surface area (Å²) in [5.74, 6) is 0.183. The fraction of sp³-hybridized carbons (Fsp3) is 0.632. The van der Waals surface area contributed by atoms with Gasteiger partial charge in [-0.3, -0.25) is 4.79 Å². The third kappa shape index (κ3) is 4.78. The summed E-state index contributed by atoms with van der Waals surface area (Å²) in [4.78, 5) is 11.7. The van der Waals surface area contributed by atoms with E-state index in [2.05, 4.69) is 13.8 Å². The van der Waals surface area contributed by atoms with Crippen LogP contribution in [0.25, 0.3) is 0 Å². The van der Waals surface area contributed by atoms with Crippen molar-refractivity contribution in [2.75, 3.05) is 21.2 Å². The first-order valence-corrected chi connectivity index (χ1v) is 11.0. The Morgan fingerprint density at radius 2 is 1.86 bits per heavy atom. The van der Waals surface area contributed by atoms with Crippen molar-refractivity contribution in [3.05, 3.63) is 28.5 Å². The molecule has 0 radical (unpaired) electrons. The van der Waals surface area contributed by atoms with E-state index < -0.39 is 27.5 Å². The maximum atomic E-state index is 13.6. The summed E-state index contributed by atoms with van der Waals surface area (Å²) in [6.07, 6.45) is 6.10. The number of nitrogens with zero attached hydrogens (tertiary/aromatic N) is 1. The topological polar surface area (TPSA) is 75.7 Å². The molecule has 3 aliphatic carbocycles. The summed E-state index contributed by atoms with van der Waals surface area (Å²) in [6.45, 7) is 4.90. The smallest absolute Gasteiger partial charge is 0.303 e. The zero-order chi connectivity index (χ0) is 21.3. The lowest BCUT2D eigenvalue weighted by atomic mass is 9.49. The molecule has 3 fully saturated rings. The zero-order valence-corrected chi connectivity index (χ0v) is 18.5. The Kier molecular flexibility index (Phi) is 6.99. The summed E-state index contributed by atoms with van der Waals surface area (Å²) in [6, 6.07) is 1.90. The predicted octanol–water partition coefficient (Wildman–Crippen LogP) is 3.86. The van der Waals surface area contributed by atoms with Gasteiger partial charge in [-0.2, -0.15) is 12.7 Å². The summed E-state index contributed by atoms with van der Waals surface area (Å²) < 4.78 is 43.8. The molecular weight excluding hydrogens is 407 g/mol. The minimum absolute atomic E-state index is 0.00342. The Bertz CT molecular complexity index is 827. The first kappa shape index (κ1) is 22.9. The Balaban J connectivity index is 0.000000255. The number of fused-ring (bicyclic) bond motifs is 2. The molecule has 1 amide bonds. The molecule has 2 atom stereocenters. The minimum Gasteiger partial charge on any atom is -0.495 e. The van der Waals surface area contributed by atoms with Crippen LogP contribution < -0.4 is 9.46 Å². The van der Waals surface area contributed by atoms with E-state index in [-0.39, 0.29) is 10.8 Å². The van der Waals surface area contributed by atoms with E-state index >= 15 is 0 Å². The molecule has 4 rings (SSSR count). The van der Waals surface area contributed by atoms with E-state index in [0.29, 0.717) is 0 Å². The second-order valence-electron chi connectivity index (χ2n) is 8.07. The van der Waals surface area contributed by atoms with Gasteiger partial charge in [-0.15, -0.1) is 0 Å². The lowest BCUT2D eigenvalue weighted by Gasteiger charge is -2.56. The van der Waals surface area contributed by atoms with E-state index in [4.69, 9.17) is 16.3 Å². The molecule has 0 aromatic heterocycles. The number of rotatable bonds is 4. The number of benzene rings is 1. The Hall–Kier alpha value is -1.38. The molecule has 0 unspecified atom stereocenters. The lowest BCUT2D eigenvalue weighted by molar-refractivity contribution is -0.0646. The van der Waals surface area contributed by atoms with E-state index in [1.165, 1.54) is 40.5 Å². The van der Waals surface area contributed by atoms with E-state index in [9.17, 15) is 17.6 Å². The van der Waals surface area contributed by atoms with Gasteiger partial charge in [0, 0.05) is 20.2 Å². The van der Waals surface area contributed by atoms with Crippen LogP contribution in [-0.2, 0) is 10.2 Å². The monoisotopic (exact) mass is 434 g/mol. The number of amides is 1. The summed E-state index contributed by atoms with van der Waals surface area (Å²) in [7, 11) is -0.251. The fourth-order valence-electron chi connectivity index (χ4n) is 3.84. The normalized spacial score (nSPS) is 22.6. The third-order valence-corrected chi connectivity index (χ3v) is 7.67. The van der Waals surface area contributed by atoms with Crippen molar-refractivity contribution in [3.8, 4) is 5.75 Å².